The van der Waals surface area contributed by atoms with Crippen LogP contribution in [0, 0.1) is 4.77 Å². The van der Waals surface area contributed by atoms with Crippen molar-refractivity contribution in [2.75, 3.05) is 11.9 Å². The van der Waals surface area contributed by atoms with Crippen LogP contribution in [0.4, 0.5) is 5.95 Å². The molecule has 4 nitrogen and oxygen atoms in total. The van der Waals surface area contributed by atoms with Crippen LogP contribution in [0.1, 0.15) is 25.5 Å². The van der Waals surface area contributed by atoms with Gasteiger partial charge in [-0.25, -0.2) is 5.10 Å². The highest BCUT2D eigenvalue weighted by atomic mass is 35.5. The quantitative estimate of drug-likeness (QED) is 0.872. The lowest BCUT2D eigenvalue weighted by molar-refractivity contribution is 0.663. The average Bonchev–Trinajstić information content (AvgIpc) is 2.79. The number of nitrogens with one attached hydrogen (secondary N) is 1. The van der Waals surface area contributed by atoms with Crippen molar-refractivity contribution in [1.29, 1.82) is 0 Å². The number of halogens is 1. The van der Waals surface area contributed by atoms with Crippen molar-refractivity contribution < 1.29 is 0 Å². The Hall–Kier alpha value is -1.33. The fourth-order valence-corrected chi connectivity index (χ4v) is 2.38. The highest BCUT2D eigenvalue weighted by Gasteiger charge is 2.17. The van der Waals surface area contributed by atoms with E-state index in [2.05, 4.69) is 28.9 Å². The van der Waals surface area contributed by atoms with Crippen molar-refractivity contribution in [3.05, 3.63) is 39.6 Å². The molecule has 0 aliphatic rings. The zero-order chi connectivity index (χ0) is 14.0. The molecule has 6 heteroatoms. The molecular weight excluding hydrogens is 280 g/mol. The highest BCUT2D eigenvalue weighted by molar-refractivity contribution is 7.71. The molecule has 0 saturated carbocycles. The number of H-pyrrole nitrogens is 1. The van der Waals surface area contributed by atoms with Gasteiger partial charge >= 0.3 is 0 Å². The lowest BCUT2D eigenvalue weighted by Crippen LogP contribution is -2.25. The monoisotopic (exact) mass is 296 g/mol. The minimum atomic E-state index is 0.188. The number of hydrogen-bond donors (Lipinski definition) is 1. The Labute approximate surface area is 123 Å². The predicted molar refractivity (Wildman–Crippen MR) is 81.4 cm³/mol. The third-order valence-electron chi connectivity index (χ3n) is 3.30. The summed E-state index contributed by atoms with van der Waals surface area (Å²) in [6, 6.07) is 8.05. The Morgan fingerprint density at radius 1 is 1.42 bits per heavy atom. The third-order valence-corrected chi connectivity index (χ3v) is 3.87. The summed E-state index contributed by atoms with van der Waals surface area (Å²) >= 11 is 11.1. The van der Waals surface area contributed by atoms with Crippen molar-refractivity contribution >= 4 is 29.8 Å². The van der Waals surface area contributed by atoms with Crippen molar-refractivity contribution in [3.8, 4) is 0 Å². The van der Waals surface area contributed by atoms with Crippen LogP contribution in [0.3, 0.4) is 0 Å². The molecule has 0 saturated heterocycles. The highest BCUT2D eigenvalue weighted by Crippen LogP contribution is 2.24. The Balaban J connectivity index is 2.30. The molecule has 0 bridgehead atoms. The maximum absolute atomic E-state index is 5.92. The average molecular weight is 297 g/mol. The van der Waals surface area contributed by atoms with Crippen LogP contribution in [0.15, 0.2) is 24.3 Å². The standard InChI is InChI=1S/C13H17ClN4S/c1-4-18-12(15-16-13(18)19)17(3)9(2)10-5-7-11(14)8-6-10/h5-9H,4H2,1-3H3,(H,16,19). The van der Waals surface area contributed by atoms with Gasteiger partial charge in [-0.2, -0.15) is 0 Å². The molecule has 0 aliphatic heterocycles. The summed E-state index contributed by atoms with van der Waals surface area (Å²) in [5, 5.41) is 7.88. The van der Waals surface area contributed by atoms with Gasteiger partial charge in [-0.3, -0.25) is 4.57 Å². The number of hydrogen-bond acceptors (Lipinski definition) is 3. The Morgan fingerprint density at radius 2 is 2.05 bits per heavy atom. The predicted octanol–water partition coefficient (Wildman–Crippen LogP) is 3.81. The zero-order valence-electron chi connectivity index (χ0n) is 11.2. The second-order valence-electron chi connectivity index (χ2n) is 4.41. The van der Waals surface area contributed by atoms with Gasteiger partial charge in [-0.05, 0) is 43.8 Å². The molecule has 1 N–H and O–H groups in total. The van der Waals surface area contributed by atoms with E-state index in [0.29, 0.717) is 4.77 Å². The van der Waals surface area contributed by atoms with Crippen molar-refractivity contribution in [2.24, 2.45) is 0 Å². The zero-order valence-corrected chi connectivity index (χ0v) is 12.8. The maximum atomic E-state index is 5.92. The van der Waals surface area contributed by atoms with Gasteiger partial charge in [0.25, 0.3) is 0 Å². The third kappa shape index (κ3) is 2.82. The smallest absolute Gasteiger partial charge is 0.225 e. The molecule has 0 spiro atoms. The van der Waals surface area contributed by atoms with E-state index in [1.54, 1.807) is 0 Å². The lowest BCUT2D eigenvalue weighted by Gasteiger charge is -2.26. The van der Waals surface area contributed by atoms with Gasteiger partial charge in [-0.15, -0.1) is 5.10 Å². The number of benzene rings is 1. The molecule has 102 valence electrons. The van der Waals surface area contributed by atoms with E-state index in [0.717, 1.165) is 17.5 Å². The summed E-state index contributed by atoms with van der Waals surface area (Å²) in [6.45, 7) is 4.97. The molecule has 2 aromatic rings. The van der Waals surface area contributed by atoms with Crippen LogP contribution in [0.25, 0.3) is 0 Å². The fraction of sp³-hybridized carbons (Fsp3) is 0.385. The van der Waals surface area contributed by atoms with Crippen LogP contribution in [0.2, 0.25) is 5.02 Å². The van der Waals surface area contributed by atoms with Gasteiger partial charge in [0.15, 0.2) is 4.77 Å². The second kappa shape index (κ2) is 5.75. The maximum Gasteiger partial charge on any atom is 0.225 e. The van der Waals surface area contributed by atoms with Crippen LogP contribution in [-0.2, 0) is 6.54 Å². The molecule has 1 aromatic carbocycles. The summed E-state index contributed by atoms with van der Waals surface area (Å²) in [6.07, 6.45) is 0. The van der Waals surface area contributed by atoms with Gasteiger partial charge in [0.1, 0.15) is 0 Å². The van der Waals surface area contributed by atoms with E-state index in [1.165, 1.54) is 5.56 Å². The molecule has 2 rings (SSSR count). The first-order valence-corrected chi connectivity index (χ1v) is 6.96. The van der Waals surface area contributed by atoms with E-state index in [9.17, 15) is 0 Å². The summed E-state index contributed by atoms with van der Waals surface area (Å²) < 4.78 is 2.62. The molecule has 0 radical (unpaired) electrons. The molecule has 1 atom stereocenters. The number of aromatic nitrogens is 3. The van der Waals surface area contributed by atoms with E-state index in [1.807, 2.05) is 35.9 Å². The molecular formula is C13H17ClN4S. The minimum Gasteiger partial charge on any atom is -0.337 e. The number of rotatable bonds is 4. The van der Waals surface area contributed by atoms with E-state index >= 15 is 0 Å². The second-order valence-corrected chi connectivity index (χ2v) is 5.23. The van der Waals surface area contributed by atoms with Crippen molar-refractivity contribution in [3.63, 3.8) is 0 Å². The van der Waals surface area contributed by atoms with Crippen molar-refractivity contribution in [2.45, 2.75) is 26.4 Å². The molecule has 0 aliphatic carbocycles. The number of aromatic amines is 1. The molecule has 1 aromatic heterocycles. The van der Waals surface area contributed by atoms with E-state index in [-0.39, 0.29) is 6.04 Å². The molecule has 0 amide bonds. The normalized spacial score (nSPS) is 12.4. The summed E-state index contributed by atoms with van der Waals surface area (Å²) in [4.78, 5) is 2.10. The first-order chi connectivity index (χ1) is 9.04. The Morgan fingerprint density at radius 3 is 2.63 bits per heavy atom. The topological polar surface area (TPSA) is 36.9 Å². The molecule has 1 unspecified atom stereocenters. The molecule has 19 heavy (non-hydrogen) atoms. The first-order valence-electron chi connectivity index (χ1n) is 6.18. The number of nitrogens with zero attached hydrogens (tertiary/aromatic N) is 3. The Kier molecular flexibility index (Phi) is 4.27. The summed E-state index contributed by atoms with van der Waals surface area (Å²) in [5.41, 5.74) is 1.18. The van der Waals surface area contributed by atoms with Crippen LogP contribution in [0.5, 0.6) is 0 Å². The van der Waals surface area contributed by atoms with Crippen LogP contribution in [-0.4, -0.2) is 21.8 Å². The largest absolute Gasteiger partial charge is 0.337 e. The summed E-state index contributed by atoms with van der Waals surface area (Å²) in [5.74, 6) is 0.843. The van der Waals surface area contributed by atoms with Gasteiger partial charge in [0, 0.05) is 18.6 Å². The van der Waals surface area contributed by atoms with Gasteiger partial charge in [0.2, 0.25) is 5.95 Å². The van der Waals surface area contributed by atoms with Crippen LogP contribution < -0.4 is 4.90 Å². The Bertz CT molecular complexity index is 602. The fourth-order valence-electron chi connectivity index (χ4n) is 2.00. The summed E-state index contributed by atoms with van der Waals surface area (Å²) in [7, 11) is 2.01. The number of anilines is 1. The van der Waals surface area contributed by atoms with Gasteiger partial charge in [-0.1, -0.05) is 23.7 Å². The van der Waals surface area contributed by atoms with Gasteiger partial charge in [0.05, 0.1) is 6.04 Å². The SMILES string of the molecule is CCn1c(N(C)C(C)c2ccc(Cl)cc2)n[nH]c1=S. The first kappa shape index (κ1) is 14.1. The molecule has 1 heterocycles. The minimum absolute atomic E-state index is 0.188. The van der Waals surface area contributed by atoms with E-state index < -0.39 is 0 Å². The lowest BCUT2D eigenvalue weighted by atomic mass is 10.1. The molecule has 0 fully saturated rings. The van der Waals surface area contributed by atoms with Crippen molar-refractivity contribution in [1.82, 2.24) is 14.8 Å². The van der Waals surface area contributed by atoms with Gasteiger partial charge < -0.3 is 4.90 Å². The van der Waals surface area contributed by atoms with Crippen LogP contribution >= 0.6 is 23.8 Å². The van der Waals surface area contributed by atoms with E-state index in [4.69, 9.17) is 23.8 Å².